The fraction of sp³-hybridized carbons (Fsp3) is 0.508. The van der Waals surface area contributed by atoms with E-state index >= 15 is 0 Å². The molecule has 4 aromatic carbocycles. The number of rotatable bonds is 21. The number of likely N-dealkylation sites (N-methyl/N-ethyl adjacent to an activating group) is 1. The maximum atomic E-state index is 13.5. The molecular formula is C61H79N8O11+. The van der Waals surface area contributed by atoms with Gasteiger partial charge in [0.15, 0.2) is 18.1 Å². The molecule has 5 aromatic rings. The molecule has 0 radical (unpaired) electrons. The molecule has 4 unspecified atom stereocenters. The zero-order chi connectivity index (χ0) is 57.0. The molecule has 0 bridgehead atoms. The first-order chi connectivity index (χ1) is 38.4. The Bertz CT molecular complexity index is 3150. The molecule has 2 saturated heterocycles. The van der Waals surface area contributed by atoms with Gasteiger partial charge in [0.1, 0.15) is 48.9 Å². The topological polar surface area (TPSA) is 242 Å². The van der Waals surface area contributed by atoms with Gasteiger partial charge in [0.25, 0.3) is 5.91 Å². The SMILES string of the molecule is CCN1/C(=C/C=C/C2=[N+](CCCCCC(=O)NCc3cn(CCCNC(=O)C4O[C@@H](O[C@@H]5C(NC(C)=O)[C@H](C)OC(CO)[C@H]5O)C(O)[C@@H](O)[C@@H]4OC)nn3)c3ccc4ccccc4c3C2(C)C)C(C)(C)c2c1ccc1ccccc21. The third-order valence-electron chi connectivity index (χ3n) is 16.4. The van der Waals surface area contributed by atoms with Gasteiger partial charge in [0, 0.05) is 81.0 Å². The number of hydrogen-bond acceptors (Lipinski definition) is 14. The minimum absolute atomic E-state index is 0.0688. The smallest absolute Gasteiger partial charge is 0.252 e. The van der Waals surface area contributed by atoms with Crippen LogP contribution in [0.25, 0.3) is 21.5 Å². The van der Waals surface area contributed by atoms with Crippen molar-refractivity contribution in [2.45, 2.75) is 166 Å². The number of amides is 3. The Kier molecular flexibility index (Phi) is 18.0. The number of benzene rings is 4. The molecule has 4 aliphatic heterocycles. The van der Waals surface area contributed by atoms with E-state index in [1.54, 1.807) is 17.8 Å². The van der Waals surface area contributed by atoms with E-state index in [0.717, 1.165) is 32.4 Å². The predicted octanol–water partition coefficient (Wildman–Crippen LogP) is 5.09. The number of allylic oxidation sites excluding steroid dienone is 4. The number of hydrogen-bond donors (Lipinski definition) is 7. The highest BCUT2D eigenvalue weighted by Crippen LogP contribution is 2.51. The monoisotopic (exact) mass is 1100 g/mol. The van der Waals surface area contributed by atoms with E-state index in [4.69, 9.17) is 18.9 Å². The zero-order valence-electron chi connectivity index (χ0n) is 47.2. The highest BCUT2D eigenvalue weighted by molar-refractivity contribution is 6.08. The number of anilines is 1. The van der Waals surface area contributed by atoms with Crippen molar-refractivity contribution < 1.29 is 58.3 Å². The summed E-state index contributed by atoms with van der Waals surface area (Å²) in [5, 5.41) is 64.7. The normalized spacial score (nSPS) is 26.6. The molecule has 0 aliphatic carbocycles. The number of carbonyl (C=O) groups is 3. The van der Waals surface area contributed by atoms with Gasteiger partial charge in [-0.1, -0.05) is 79.7 Å². The number of nitrogens with one attached hydrogen (secondary N) is 3. The van der Waals surface area contributed by atoms with E-state index < -0.39 is 79.6 Å². The van der Waals surface area contributed by atoms with E-state index in [2.05, 4.69) is 161 Å². The largest absolute Gasteiger partial charge is 0.394 e. The third kappa shape index (κ3) is 11.7. The molecule has 1 aromatic heterocycles. The van der Waals surface area contributed by atoms with Crippen molar-refractivity contribution in [3.05, 3.63) is 120 Å². The Hall–Kier alpha value is -6.42. The van der Waals surface area contributed by atoms with Crippen molar-refractivity contribution in [3.8, 4) is 0 Å². The number of aliphatic hydroxyl groups excluding tert-OH is 4. The van der Waals surface area contributed by atoms with Crippen molar-refractivity contribution in [1.82, 2.24) is 30.9 Å². The van der Waals surface area contributed by atoms with Gasteiger partial charge in [-0.2, -0.15) is 4.58 Å². The Balaban J connectivity index is 0.760. The van der Waals surface area contributed by atoms with Crippen LogP contribution in [0.15, 0.2) is 103 Å². The molecule has 80 heavy (non-hydrogen) atoms. The van der Waals surface area contributed by atoms with Crippen molar-refractivity contribution >= 4 is 56.4 Å². The van der Waals surface area contributed by atoms with Gasteiger partial charge in [0.05, 0.1) is 36.9 Å². The molecule has 9 rings (SSSR count). The number of carbonyl (C=O) groups excluding carboxylic acids is 3. The Morgan fingerprint density at radius 3 is 2.25 bits per heavy atom. The van der Waals surface area contributed by atoms with Crippen LogP contribution in [0, 0.1) is 0 Å². The fourth-order valence-electron chi connectivity index (χ4n) is 12.4. The molecule has 428 valence electrons. The van der Waals surface area contributed by atoms with E-state index in [9.17, 15) is 34.8 Å². The quantitative estimate of drug-likeness (QED) is 0.0374. The van der Waals surface area contributed by atoms with Gasteiger partial charge in [-0.05, 0) is 92.3 Å². The summed E-state index contributed by atoms with van der Waals surface area (Å²) in [6.45, 7) is 16.4. The highest BCUT2D eigenvalue weighted by Gasteiger charge is 2.53. The lowest BCUT2D eigenvalue weighted by atomic mass is 9.79. The molecule has 7 N–H and O–H groups in total. The van der Waals surface area contributed by atoms with Crippen LogP contribution in [0.4, 0.5) is 11.4 Å². The lowest BCUT2D eigenvalue weighted by Crippen LogP contribution is -2.68. The van der Waals surface area contributed by atoms with Gasteiger partial charge in [-0.25, -0.2) is 0 Å². The zero-order valence-corrected chi connectivity index (χ0v) is 47.2. The van der Waals surface area contributed by atoms with Crippen molar-refractivity contribution in [3.63, 3.8) is 0 Å². The minimum atomic E-state index is -1.71. The number of methoxy groups -OCH3 is 1. The van der Waals surface area contributed by atoms with Crippen LogP contribution in [-0.2, 0) is 57.3 Å². The third-order valence-corrected chi connectivity index (χ3v) is 16.4. The first-order valence-corrected chi connectivity index (χ1v) is 28.1. The predicted molar refractivity (Wildman–Crippen MR) is 303 cm³/mol. The maximum absolute atomic E-state index is 13.5. The molecular weight excluding hydrogens is 1020 g/mol. The summed E-state index contributed by atoms with van der Waals surface area (Å²) in [5.41, 5.74) is 7.86. The van der Waals surface area contributed by atoms with Crippen LogP contribution in [0.5, 0.6) is 0 Å². The molecule has 0 spiro atoms. The summed E-state index contributed by atoms with van der Waals surface area (Å²) >= 11 is 0. The Morgan fingerprint density at radius 1 is 0.838 bits per heavy atom. The first-order valence-electron chi connectivity index (χ1n) is 28.1. The van der Waals surface area contributed by atoms with Crippen molar-refractivity contribution in [1.29, 1.82) is 0 Å². The Morgan fingerprint density at radius 2 is 1.55 bits per heavy atom. The molecule has 5 heterocycles. The lowest BCUT2D eigenvalue weighted by molar-refractivity contribution is -0.438. The molecule has 10 atom stereocenters. The summed E-state index contributed by atoms with van der Waals surface area (Å²) in [7, 11) is 1.26. The van der Waals surface area contributed by atoms with Crippen LogP contribution in [-0.4, -0.2) is 158 Å². The summed E-state index contributed by atoms with van der Waals surface area (Å²) in [5.74, 6) is -1.16. The number of aryl methyl sites for hydroxylation is 1. The van der Waals surface area contributed by atoms with E-state index in [0.29, 0.717) is 25.1 Å². The van der Waals surface area contributed by atoms with Crippen LogP contribution in [0.1, 0.15) is 97.4 Å². The van der Waals surface area contributed by atoms with E-state index in [-0.39, 0.29) is 29.8 Å². The number of unbranched alkanes of at least 4 members (excludes halogenated alkanes) is 2. The van der Waals surface area contributed by atoms with Crippen LogP contribution < -0.4 is 20.9 Å². The highest BCUT2D eigenvalue weighted by atomic mass is 16.7. The second-order valence-corrected chi connectivity index (χ2v) is 22.5. The summed E-state index contributed by atoms with van der Waals surface area (Å²) in [4.78, 5) is 41.1. The van der Waals surface area contributed by atoms with Gasteiger partial charge in [-0.3, -0.25) is 19.1 Å². The van der Waals surface area contributed by atoms with Crippen molar-refractivity contribution in [2.24, 2.45) is 0 Å². The van der Waals surface area contributed by atoms with Crippen LogP contribution >= 0.6 is 0 Å². The molecule has 3 amide bonds. The van der Waals surface area contributed by atoms with Crippen LogP contribution in [0.3, 0.4) is 0 Å². The second-order valence-electron chi connectivity index (χ2n) is 22.5. The van der Waals surface area contributed by atoms with Crippen LogP contribution in [0.2, 0.25) is 0 Å². The number of aliphatic hydroxyl groups is 4. The van der Waals surface area contributed by atoms with Gasteiger partial charge >= 0.3 is 0 Å². The number of aromatic nitrogens is 3. The van der Waals surface area contributed by atoms with E-state index in [1.807, 2.05) is 0 Å². The second kappa shape index (κ2) is 24.7. The molecule has 0 saturated carbocycles. The maximum Gasteiger partial charge on any atom is 0.252 e. The summed E-state index contributed by atoms with van der Waals surface area (Å²) in [6, 6.07) is 25.4. The first kappa shape index (κ1) is 58.2. The molecule has 2 fully saturated rings. The standard InChI is InChI=1S/C61H78N8O11/c1-9-68-43-28-26-38-19-12-14-21-41(38)49(43)60(4,5)46(68)23-17-24-47-61(6,7)50-42-22-15-13-20-39(42)27-29-44(50)69(47)32-16-10-11-25-48(72)63-33-40-34-67(66-65-40)31-18-30-62-58(76)57-56(77-8)53(74)54(75)59(80-57)79-55-51(64-37(3)71)36(2)78-45(35-70)52(55)73/h12-15,17,19-24,26-29,34,36,45,51-57,59,70,73-75H,9-11,16,18,25,30-33,35H2,1-8H3,(H2-,62,63,64,71,72,76)/p+1/t36-,45?,51?,52+,53+,54?,55+,56-,57?,59+/m0/s1. The number of nitrogens with zero attached hydrogens (tertiary/aromatic N) is 5. The molecule has 19 heteroatoms. The molecule has 4 aliphatic rings. The Labute approximate surface area is 467 Å². The average Bonchev–Trinajstić information content (AvgIpc) is 4.22. The molecule has 19 nitrogen and oxygen atoms in total. The summed E-state index contributed by atoms with van der Waals surface area (Å²) in [6.07, 6.45) is -0.278. The number of ether oxygens (including phenoxy) is 4. The fourth-order valence-corrected chi connectivity index (χ4v) is 12.4. The number of fused-ring (bicyclic) bond motifs is 6. The van der Waals surface area contributed by atoms with E-state index in [1.165, 1.54) is 69.5 Å². The van der Waals surface area contributed by atoms with Gasteiger partial charge in [0.2, 0.25) is 17.5 Å². The minimum Gasteiger partial charge on any atom is -0.394 e. The van der Waals surface area contributed by atoms with Gasteiger partial charge in [-0.15, -0.1) is 5.10 Å². The lowest BCUT2D eigenvalue weighted by Gasteiger charge is -2.47. The average molecular weight is 1100 g/mol. The van der Waals surface area contributed by atoms with Gasteiger partial charge < -0.3 is 60.2 Å². The summed E-state index contributed by atoms with van der Waals surface area (Å²) < 4.78 is 27.0. The van der Waals surface area contributed by atoms with Crippen molar-refractivity contribution in [2.75, 3.05) is 38.3 Å².